The van der Waals surface area contributed by atoms with Gasteiger partial charge in [-0.15, -0.1) is 10.2 Å². The van der Waals surface area contributed by atoms with Crippen molar-refractivity contribution >= 4 is 28.6 Å². The number of ether oxygens (including phenoxy) is 1. The van der Waals surface area contributed by atoms with E-state index in [1.54, 1.807) is 66.7 Å². The fourth-order valence-corrected chi connectivity index (χ4v) is 2.66. The molecule has 6 nitrogen and oxygen atoms in total. The predicted molar refractivity (Wildman–Crippen MR) is 100.0 cm³/mol. The molecule has 0 unspecified atom stereocenters. The van der Waals surface area contributed by atoms with Crippen molar-refractivity contribution in [1.29, 1.82) is 5.26 Å². The Balaban J connectivity index is 1.53. The quantitative estimate of drug-likeness (QED) is 0.397. The number of hydrogen-bond acceptors (Lipinski definition) is 5. The first-order valence-corrected chi connectivity index (χ1v) is 8.35. The zero-order valence-corrected chi connectivity index (χ0v) is 14.6. The molecule has 7 heteroatoms. The van der Waals surface area contributed by atoms with E-state index >= 15 is 0 Å². The average molecular weight is 375 g/mol. The van der Waals surface area contributed by atoms with Crippen molar-refractivity contribution in [1.82, 2.24) is 15.0 Å². The molecule has 4 aromatic rings. The lowest BCUT2D eigenvalue weighted by molar-refractivity contribution is 0.0735. The SMILES string of the molecule is N#Cc1ccc(OC(=O)c2ccc(-n3nc4ccc(Cl)cc4n3)cc2)cc1. The standard InChI is InChI=1S/C20H11ClN4O2/c21-15-5-10-18-19(11-15)24-25(23-18)16-6-3-14(4-7-16)20(26)27-17-8-1-13(12-22)2-9-17/h1-11H. The molecule has 0 spiro atoms. The minimum Gasteiger partial charge on any atom is -0.423 e. The van der Waals surface area contributed by atoms with Crippen LogP contribution in [0.1, 0.15) is 15.9 Å². The number of halogens is 1. The van der Waals surface area contributed by atoms with E-state index in [1.165, 1.54) is 4.80 Å². The minimum atomic E-state index is -0.489. The van der Waals surface area contributed by atoms with Gasteiger partial charge in [0.15, 0.2) is 0 Å². The zero-order chi connectivity index (χ0) is 18.8. The molecule has 27 heavy (non-hydrogen) atoms. The molecule has 0 N–H and O–H groups in total. The number of fused-ring (bicyclic) bond motifs is 1. The van der Waals surface area contributed by atoms with Crippen molar-refractivity contribution in [3.8, 4) is 17.5 Å². The molecule has 0 fully saturated rings. The van der Waals surface area contributed by atoms with Crippen LogP contribution in [0.25, 0.3) is 16.7 Å². The van der Waals surface area contributed by atoms with E-state index in [9.17, 15) is 4.79 Å². The summed E-state index contributed by atoms with van der Waals surface area (Å²) in [6, 6.07) is 20.4. The second-order valence-corrected chi connectivity index (χ2v) is 6.13. The van der Waals surface area contributed by atoms with Crippen LogP contribution in [0.3, 0.4) is 0 Å². The largest absolute Gasteiger partial charge is 0.423 e. The summed E-state index contributed by atoms with van der Waals surface area (Å²) in [5.74, 6) is -0.114. The summed E-state index contributed by atoms with van der Waals surface area (Å²) in [4.78, 5) is 13.7. The van der Waals surface area contributed by atoms with E-state index in [2.05, 4.69) is 10.2 Å². The normalized spacial score (nSPS) is 10.5. The molecule has 0 aliphatic rings. The Morgan fingerprint density at radius 2 is 1.67 bits per heavy atom. The van der Waals surface area contributed by atoms with Crippen LogP contribution in [-0.2, 0) is 0 Å². The van der Waals surface area contributed by atoms with Crippen molar-refractivity contribution < 1.29 is 9.53 Å². The lowest BCUT2D eigenvalue weighted by atomic mass is 10.2. The first kappa shape index (κ1) is 16.8. The second-order valence-electron chi connectivity index (χ2n) is 5.70. The molecule has 0 aliphatic carbocycles. The van der Waals surface area contributed by atoms with Gasteiger partial charge in [0, 0.05) is 5.02 Å². The summed E-state index contributed by atoms with van der Waals surface area (Å²) in [6.45, 7) is 0. The van der Waals surface area contributed by atoms with Gasteiger partial charge in [-0.3, -0.25) is 0 Å². The Morgan fingerprint density at radius 1 is 0.963 bits per heavy atom. The van der Waals surface area contributed by atoms with Gasteiger partial charge in [-0.1, -0.05) is 11.6 Å². The predicted octanol–water partition coefficient (Wildman–Crippen LogP) is 4.16. The number of carbonyl (C=O) groups is 1. The Labute approximate surface area is 159 Å². The molecule has 130 valence electrons. The Hall–Kier alpha value is -3.69. The van der Waals surface area contributed by atoms with E-state index in [-0.39, 0.29) is 0 Å². The smallest absolute Gasteiger partial charge is 0.343 e. The van der Waals surface area contributed by atoms with E-state index < -0.39 is 5.97 Å². The van der Waals surface area contributed by atoms with E-state index in [0.29, 0.717) is 33.1 Å². The summed E-state index contributed by atoms with van der Waals surface area (Å²) in [6.07, 6.45) is 0. The summed E-state index contributed by atoms with van der Waals surface area (Å²) >= 11 is 5.97. The fourth-order valence-electron chi connectivity index (χ4n) is 2.50. The number of nitrogens with zero attached hydrogens (tertiary/aromatic N) is 4. The van der Waals surface area contributed by atoms with Crippen LogP contribution in [-0.4, -0.2) is 21.0 Å². The number of carbonyl (C=O) groups excluding carboxylic acids is 1. The highest BCUT2D eigenvalue weighted by atomic mass is 35.5. The van der Waals surface area contributed by atoms with Crippen LogP contribution in [0.5, 0.6) is 5.75 Å². The molecule has 1 heterocycles. The molecule has 0 saturated carbocycles. The molecule has 0 radical (unpaired) electrons. The van der Waals surface area contributed by atoms with Crippen molar-refractivity contribution in [2.24, 2.45) is 0 Å². The number of esters is 1. The maximum absolute atomic E-state index is 12.3. The van der Waals surface area contributed by atoms with Gasteiger partial charge in [0.2, 0.25) is 0 Å². The number of nitriles is 1. The van der Waals surface area contributed by atoms with Crippen LogP contribution < -0.4 is 4.74 Å². The second kappa shape index (κ2) is 6.90. The van der Waals surface area contributed by atoms with Gasteiger partial charge < -0.3 is 4.74 Å². The monoisotopic (exact) mass is 374 g/mol. The molecule has 0 bridgehead atoms. The molecule has 4 rings (SSSR count). The van der Waals surface area contributed by atoms with Gasteiger partial charge in [-0.25, -0.2) is 4.79 Å². The van der Waals surface area contributed by atoms with Gasteiger partial charge in [0.1, 0.15) is 16.8 Å². The van der Waals surface area contributed by atoms with Crippen molar-refractivity contribution in [2.75, 3.05) is 0 Å². The zero-order valence-electron chi connectivity index (χ0n) is 13.8. The topological polar surface area (TPSA) is 80.8 Å². The fraction of sp³-hybridized carbons (Fsp3) is 0. The molecular formula is C20H11ClN4O2. The third kappa shape index (κ3) is 3.50. The maximum Gasteiger partial charge on any atom is 0.343 e. The number of hydrogen-bond donors (Lipinski definition) is 0. The van der Waals surface area contributed by atoms with Gasteiger partial charge in [0.25, 0.3) is 0 Å². The minimum absolute atomic E-state index is 0.375. The first-order valence-electron chi connectivity index (χ1n) is 7.98. The lowest BCUT2D eigenvalue weighted by Gasteiger charge is -2.05. The van der Waals surface area contributed by atoms with Crippen LogP contribution in [0.2, 0.25) is 5.02 Å². The Kier molecular flexibility index (Phi) is 4.29. The van der Waals surface area contributed by atoms with Crippen LogP contribution >= 0.6 is 11.6 Å². The molecule has 0 atom stereocenters. The molecular weight excluding hydrogens is 364 g/mol. The molecule has 1 aromatic heterocycles. The highest BCUT2D eigenvalue weighted by molar-refractivity contribution is 6.31. The third-order valence-electron chi connectivity index (χ3n) is 3.87. The molecule has 0 aliphatic heterocycles. The van der Waals surface area contributed by atoms with Crippen LogP contribution in [0, 0.1) is 11.3 Å². The molecule has 3 aromatic carbocycles. The summed E-state index contributed by atoms with van der Waals surface area (Å²) in [5, 5.41) is 18.2. The number of aromatic nitrogens is 3. The summed E-state index contributed by atoms with van der Waals surface area (Å²) < 4.78 is 5.31. The molecule has 0 saturated heterocycles. The molecule has 0 amide bonds. The number of rotatable bonds is 3. The highest BCUT2D eigenvalue weighted by Crippen LogP contribution is 2.18. The van der Waals surface area contributed by atoms with Crippen molar-refractivity contribution in [2.45, 2.75) is 0 Å². The Morgan fingerprint density at radius 3 is 2.37 bits per heavy atom. The van der Waals surface area contributed by atoms with Crippen LogP contribution in [0.4, 0.5) is 0 Å². The van der Waals surface area contributed by atoms with E-state index in [0.717, 1.165) is 5.52 Å². The first-order chi connectivity index (χ1) is 13.1. The average Bonchev–Trinajstić information content (AvgIpc) is 3.12. The lowest BCUT2D eigenvalue weighted by Crippen LogP contribution is -2.09. The van der Waals surface area contributed by atoms with Gasteiger partial charge >= 0.3 is 5.97 Å². The third-order valence-corrected chi connectivity index (χ3v) is 4.11. The number of benzene rings is 3. The maximum atomic E-state index is 12.3. The van der Waals surface area contributed by atoms with Gasteiger partial charge in [0.05, 0.1) is 22.9 Å². The highest BCUT2D eigenvalue weighted by Gasteiger charge is 2.10. The Bertz CT molecular complexity index is 1180. The van der Waals surface area contributed by atoms with Crippen LogP contribution in [0.15, 0.2) is 66.7 Å². The summed E-state index contributed by atoms with van der Waals surface area (Å²) in [5.41, 5.74) is 3.01. The summed E-state index contributed by atoms with van der Waals surface area (Å²) in [7, 11) is 0. The van der Waals surface area contributed by atoms with Crippen molar-refractivity contribution in [3.63, 3.8) is 0 Å². The van der Waals surface area contributed by atoms with E-state index in [1.807, 2.05) is 6.07 Å². The van der Waals surface area contributed by atoms with Gasteiger partial charge in [-0.05, 0) is 66.7 Å². The van der Waals surface area contributed by atoms with Gasteiger partial charge in [-0.2, -0.15) is 10.1 Å². The van der Waals surface area contributed by atoms with E-state index in [4.69, 9.17) is 21.6 Å². The van der Waals surface area contributed by atoms with Crippen molar-refractivity contribution in [3.05, 3.63) is 82.9 Å².